The van der Waals surface area contributed by atoms with Gasteiger partial charge >= 0.3 is 6.09 Å². The van der Waals surface area contributed by atoms with Crippen LogP contribution in [0.4, 0.5) is 19.3 Å². The highest BCUT2D eigenvalue weighted by Gasteiger charge is 2.23. The lowest BCUT2D eigenvalue weighted by Gasteiger charge is -2.10. The fourth-order valence-electron chi connectivity index (χ4n) is 3.59. The highest BCUT2D eigenvalue weighted by molar-refractivity contribution is 7.92. The second-order valence-electron chi connectivity index (χ2n) is 7.43. The van der Waals surface area contributed by atoms with E-state index < -0.39 is 32.6 Å². The SMILES string of the molecule is NC(=O)Oc1csc2c(-c3ccncc3)c(-c3cccc(NS(=O)(=O)c4cc(F)ccc4F)c3)nn12. The van der Waals surface area contributed by atoms with Crippen molar-refractivity contribution >= 4 is 38.0 Å². The Morgan fingerprint density at radius 2 is 1.83 bits per heavy atom. The third-order valence-electron chi connectivity index (χ3n) is 5.07. The molecule has 13 heteroatoms. The first-order valence-electron chi connectivity index (χ1n) is 10.2. The number of anilines is 1. The number of ether oxygens (including phenoxy) is 1. The summed E-state index contributed by atoms with van der Waals surface area (Å²) in [5, 5.41) is 6.16. The van der Waals surface area contributed by atoms with Crippen molar-refractivity contribution in [3.63, 3.8) is 0 Å². The predicted molar refractivity (Wildman–Crippen MR) is 129 cm³/mol. The topological polar surface area (TPSA) is 129 Å². The van der Waals surface area contributed by atoms with Gasteiger partial charge in [0, 0.05) is 29.2 Å². The van der Waals surface area contributed by atoms with Crippen molar-refractivity contribution in [2.75, 3.05) is 4.72 Å². The van der Waals surface area contributed by atoms with E-state index in [-0.39, 0.29) is 11.6 Å². The van der Waals surface area contributed by atoms with E-state index in [4.69, 9.17) is 10.5 Å². The molecule has 5 rings (SSSR count). The van der Waals surface area contributed by atoms with Crippen molar-refractivity contribution in [3.8, 4) is 28.3 Å². The second-order valence-corrected chi connectivity index (χ2v) is 9.94. The minimum Gasteiger partial charge on any atom is -0.390 e. The molecule has 0 aliphatic carbocycles. The summed E-state index contributed by atoms with van der Waals surface area (Å²) in [5.41, 5.74) is 7.65. The van der Waals surface area contributed by atoms with Gasteiger partial charge in [0.2, 0.25) is 5.88 Å². The lowest BCUT2D eigenvalue weighted by Crippen LogP contribution is -2.17. The third kappa shape index (κ3) is 4.36. The van der Waals surface area contributed by atoms with Crippen LogP contribution in [0.15, 0.2) is 77.3 Å². The van der Waals surface area contributed by atoms with Crippen molar-refractivity contribution < 1.29 is 26.7 Å². The number of hydrogen-bond acceptors (Lipinski definition) is 7. The monoisotopic (exact) mass is 527 g/mol. The number of amides is 1. The van der Waals surface area contributed by atoms with Crippen LogP contribution in [0, 0.1) is 11.6 Å². The Kier molecular flexibility index (Phi) is 5.86. The van der Waals surface area contributed by atoms with Crippen molar-refractivity contribution in [2.45, 2.75) is 4.90 Å². The molecule has 0 saturated carbocycles. The normalized spacial score (nSPS) is 11.5. The van der Waals surface area contributed by atoms with E-state index in [1.807, 2.05) is 0 Å². The lowest BCUT2D eigenvalue weighted by molar-refractivity contribution is 0.208. The number of rotatable bonds is 6. The number of sulfonamides is 1. The summed E-state index contributed by atoms with van der Waals surface area (Å²) in [5.74, 6) is -1.86. The van der Waals surface area contributed by atoms with E-state index in [2.05, 4.69) is 14.8 Å². The Balaban J connectivity index is 1.61. The van der Waals surface area contributed by atoms with Crippen LogP contribution in [0.2, 0.25) is 0 Å². The largest absolute Gasteiger partial charge is 0.411 e. The number of nitrogens with two attached hydrogens (primary N) is 1. The number of pyridine rings is 1. The number of benzene rings is 2. The summed E-state index contributed by atoms with van der Waals surface area (Å²) in [6.45, 7) is 0. The molecule has 0 aliphatic rings. The predicted octanol–water partition coefficient (Wildman–Crippen LogP) is 4.66. The van der Waals surface area contributed by atoms with Crippen molar-refractivity contribution in [1.29, 1.82) is 0 Å². The van der Waals surface area contributed by atoms with E-state index in [9.17, 15) is 22.0 Å². The first-order valence-corrected chi connectivity index (χ1v) is 12.6. The summed E-state index contributed by atoms with van der Waals surface area (Å²) in [7, 11) is -4.43. The van der Waals surface area contributed by atoms with Crippen LogP contribution >= 0.6 is 11.3 Å². The maximum absolute atomic E-state index is 14.1. The number of nitrogens with one attached hydrogen (secondary N) is 1. The smallest absolute Gasteiger partial charge is 0.390 e. The Hall–Kier alpha value is -4.36. The number of primary amides is 1. The van der Waals surface area contributed by atoms with Gasteiger partial charge in [-0.3, -0.25) is 9.71 Å². The molecule has 0 fully saturated rings. The molecule has 0 unspecified atom stereocenters. The van der Waals surface area contributed by atoms with Crippen molar-refractivity contribution in [1.82, 2.24) is 14.6 Å². The quantitative estimate of drug-likeness (QED) is 0.330. The van der Waals surface area contributed by atoms with Crippen LogP contribution in [-0.2, 0) is 10.0 Å². The molecule has 3 heterocycles. The number of thiazole rings is 1. The van der Waals surface area contributed by atoms with Gasteiger partial charge in [0.1, 0.15) is 27.1 Å². The number of halogens is 2. The Morgan fingerprint density at radius 1 is 1.06 bits per heavy atom. The van der Waals surface area contributed by atoms with E-state index in [1.54, 1.807) is 42.0 Å². The molecule has 0 atom stereocenters. The molecule has 2 aromatic carbocycles. The van der Waals surface area contributed by atoms with E-state index in [0.717, 1.165) is 17.7 Å². The fraction of sp³-hybridized carbons (Fsp3) is 0. The fourth-order valence-corrected chi connectivity index (χ4v) is 5.65. The molecule has 3 aromatic heterocycles. The standard InChI is InChI=1S/C23H15F2N5O4S2/c24-15-4-5-17(25)18(11-15)36(32,33)29-16-3-1-2-14(10-16)21-20(13-6-8-27-9-7-13)22-30(28-21)19(12-35-22)34-23(26)31/h1-12,29H,(H2,26,31). The molecule has 182 valence electrons. The van der Waals surface area contributed by atoms with E-state index in [0.29, 0.717) is 27.7 Å². The van der Waals surface area contributed by atoms with Gasteiger partial charge in [-0.05, 0) is 48.0 Å². The van der Waals surface area contributed by atoms with Gasteiger partial charge in [0.15, 0.2) is 0 Å². The molecule has 9 nitrogen and oxygen atoms in total. The van der Waals surface area contributed by atoms with Crippen LogP contribution in [0.5, 0.6) is 5.88 Å². The number of fused-ring (bicyclic) bond motifs is 1. The minimum atomic E-state index is -4.43. The molecule has 0 spiro atoms. The van der Waals surface area contributed by atoms with Gasteiger partial charge in [-0.2, -0.15) is 9.61 Å². The first-order chi connectivity index (χ1) is 17.2. The summed E-state index contributed by atoms with van der Waals surface area (Å²) in [4.78, 5) is 15.2. The average Bonchev–Trinajstić information content (AvgIpc) is 3.40. The highest BCUT2D eigenvalue weighted by Crippen LogP contribution is 2.40. The third-order valence-corrected chi connectivity index (χ3v) is 7.38. The average molecular weight is 528 g/mol. The zero-order valence-electron chi connectivity index (χ0n) is 18.1. The molecule has 0 aliphatic heterocycles. The van der Waals surface area contributed by atoms with Crippen molar-refractivity contribution in [3.05, 3.63) is 84.0 Å². The van der Waals surface area contributed by atoms with Crippen LogP contribution in [0.1, 0.15) is 0 Å². The van der Waals surface area contributed by atoms with Crippen LogP contribution in [0.3, 0.4) is 0 Å². The summed E-state index contributed by atoms with van der Waals surface area (Å²) >= 11 is 1.27. The number of hydrogen-bond donors (Lipinski definition) is 2. The lowest BCUT2D eigenvalue weighted by atomic mass is 10.0. The molecule has 36 heavy (non-hydrogen) atoms. The molecular formula is C23H15F2N5O4S2. The van der Waals surface area contributed by atoms with E-state index in [1.165, 1.54) is 28.0 Å². The highest BCUT2D eigenvalue weighted by atomic mass is 32.2. The number of nitrogens with zero attached hydrogens (tertiary/aromatic N) is 3. The molecule has 0 bridgehead atoms. The maximum Gasteiger partial charge on any atom is 0.411 e. The van der Waals surface area contributed by atoms with Gasteiger partial charge < -0.3 is 10.5 Å². The maximum atomic E-state index is 14.1. The zero-order chi connectivity index (χ0) is 25.4. The molecule has 0 saturated heterocycles. The van der Waals surface area contributed by atoms with Gasteiger partial charge in [-0.15, -0.1) is 11.3 Å². The van der Waals surface area contributed by atoms with E-state index >= 15 is 0 Å². The number of aromatic nitrogens is 3. The summed E-state index contributed by atoms with van der Waals surface area (Å²) in [6.07, 6.45) is 2.21. The second kappa shape index (κ2) is 9.02. The summed E-state index contributed by atoms with van der Waals surface area (Å²) in [6, 6.07) is 12.0. The molecule has 3 N–H and O–H groups in total. The number of carbonyl (C=O) groups is 1. The summed E-state index contributed by atoms with van der Waals surface area (Å²) < 4.78 is 61.9. The van der Waals surface area contributed by atoms with Crippen LogP contribution < -0.4 is 15.2 Å². The number of carbonyl (C=O) groups excluding carboxylic acids is 1. The Labute approximate surface area is 206 Å². The molecule has 0 radical (unpaired) electrons. The minimum absolute atomic E-state index is 0.0989. The molecule has 5 aromatic rings. The Morgan fingerprint density at radius 3 is 2.58 bits per heavy atom. The zero-order valence-corrected chi connectivity index (χ0v) is 19.7. The van der Waals surface area contributed by atoms with Gasteiger partial charge in [0.25, 0.3) is 10.0 Å². The van der Waals surface area contributed by atoms with Gasteiger partial charge in [0.05, 0.1) is 5.38 Å². The van der Waals surface area contributed by atoms with Crippen LogP contribution in [0.25, 0.3) is 27.2 Å². The van der Waals surface area contributed by atoms with Crippen LogP contribution in [-0.4, -0.2) is 29.1 Å². The Bertz CT molecular complexity index is 1720. The van der Waals surface area contributed by atoms with Gasteiger partial charge in [-0.25, -0.2) is 22.0 Å². The molecular weight excluding hydrogens is 512 g/mol. The van der Waals surface area contributed by atoms with Crippen molar-refractivity contribution in [2.24, 2.45) is 5.73 Å². The molecule has 1 amide bonds. The first kappa shape index (κ1) is 23.4. The van der Waals surface area contributed by atoms with Gasteiger partial charge in [-0.1, -0.05) is 12.1 Å².